The van der Waals surface area contributed by atoms with Crippen molar-refractivity contribution in [1.82, 2.24) is 0 Å². The summed E-state index contributed by atoms with van der Waals surface area (Å²) in [5, 5.41) is 0. The van der Waals surface area contributed by atoms with E-state index in [9.17, 15) is 9.59 Å². The lowest BCUT2D eigenvalue weighted by molar-refractivity contribution is -0.169. The summed E-state index contributed by atoms with van der Waals surface area (Å²) < 4.78 is 21.2. The fraction of sp³-hybridized carbons (Fsp3) is 0.417. The second-order valence-electron chi connectivity index (χ2n) is 6.84. The van der Waals surface area contributed by atoms with Gasteiger partial charge in [-0.2, -0.15) is 0 Å². The van der Waals surface area contributed by atoms with Crippen molar-refractivity contribution >= 4 is 11.9 Å². The number of carbonyl (C=O) groups excluding carboxylic acids is 2. The summed E-state index contributed by atoms with van der Waals surface area (Å²) in [7, 11) is 0. The van der Waals surface area contributed by atoms with Gasteiger partial charge in [-0.15, -0.1) is 0 Å². The first-order chi connectivity index (χ1) is 14.6. The number of rotatable bonds is 12. The third-order valence-electron chi connectivity index (χ3n) is 4.29. The molecule has 30 heavy (non-hydrogen) atoms. The molecule has 0 aliphatic rings. The Hall–Kier alpha value is -3.02. The highest BCUT2D eigenvalue weighted by molar-refractivity contribution is 6.29. The fourth-order valence-electron chi connectivity index (χ4n) is 2.45. The summed E-state index contributed by atoms with van der Waals surface area (Å²) in [5.74, 6) is -0.505. The maximum absolute atomic E-state index is 11.8. The smallest absolute Gasteiger partial charge is 0.417 e. The van der Waals surface area contributed by atoms with E-state index in [0.29, 0.717) is 13.2 Å². The van der Waals surface area contributed by atoms with Crippen molar-refractivity contribution < 1.29 is 28.5 Å². The fourth-order valence-corrected chi connectivity index (χ4v) is 2.45. The van der Waals surface area contributed by atoms with E-state index in [1.807, 2.05) is 24.3 Å². The molecule has 6 heteroatoms. The Balaban J connectivity index is 1.70. The van der Waals surface area contributed by atoms with E-state index in [1.54, 1.807) is 24.3 Å². The number of ether oxygens (including phenoxy) is 4. The van der Waals surface area contributed by atoms with E-state index in [4.69, 9.17) is 18.9 Å². The first-order valence-corrected chi connectivity index (χ1v) is 10.4. The predicted molar refractivity (Wildman–Crippen MR) is 113 cm³/mol. The van der Waals surface area contributed by atoms with Crippen molar-refractivity contribution in [1.29, 1.82) is 0 Å². The monoisotopic (exact) mass is 414 g/mol. The minimum absolute atomic E-state index is 0.00698. The summed E-state index contributed by atoms with van der Waals surface area (Å²) in [5.41, 5.74) is 1.52. The average Bonchev–Trinajstić information content (AvgIpc) is 2.78. The quantitative estimate of drug-likeness (QED) is 0.281. The van der Waals surface area contributed by atoms with Crippen LogP contribution in [-0.2, 0) is 32.3 Å². The van der Waals surface area contributed by atoms with Gasteiger partial charge >= 0.3 is 11.9 Å². The molecular weight excluding hydrogens is 384 g/mol. The van der Waals surface area contributed by atoms with Crippen LogP contribution >= 0.6 is 0 Å². The third-order valence-corrected chi connectivity index (χ3v) is 4.29. The van der Waals surface area contributed by atoms with Gasteiger partial charge in [-0.1, -0.05) is 51.0 Å². The Kier molecular flexibility index (Phi) is 10.3. The lowest BCUT2D eigenvalue weighted by Gasteiger charge is -2.08. The molecule has 0 heterocycles. The average molecular weight is 414 g/mol. The van der Waals surface area contributed by atoms with Crippen molar-refractivity contribution in [3.8, 4) is 11.5 Å². The van der Waals surface area contributed by atoms with Crippen molar-refractivity contribution in [3.63, 3.8) is 0 Å². The van der Waals surface area contributed by atoms with Gasteiger partial charge in [0, 0.05) is 0 Å². The van der Waals surface area contributed by atoms with E-state index >= 15 is 0 Å². The normalized spacial score (nSPS) is 10.3. The lowest BCUT2D eigenvalue weighted by Crippen LogP contribution is -2.20. The maximum Gasteiger partial charge on any atom is 0.417 e. The van der Waals surface area contributed by atoms with Crippen molar-refractivity contribution in [2.24, 2.45) is 0 Å². The summed E-state index contributed by atoms with van der Waals surface area (Å²) >= 11 is 0. The Morgan fingerprint density at radius 2 is 1.00 bits per heavy atom. The highest BCUT2D eigenvalue weighted by Crippen LogP contribution is 2.15. The van der Waals surface area contributed by atoms with Crippen LogP contribution in [-0.4, -0.2) is 25.2 Å². The molecule has 0 aliphatic carbocycles. The van der Waals surface area contributed by atoms with Crippen LogP contribution in [0.15, 0.2) is 48.5 Å². The van der Waals surface area contributed by atoms with E-state index in [-0.39, 0.29) is 13.2 Å². The van der Waals surface area contributed by atoms with Crippen LogP contribution in [0.25, 0.3) is 0 Å². The highest BCUT2D eigenvalue weighted by Gasteiger charge is 2.17. The maximum atomic E-state index is 11.8. The number of unbranched alkanes of at least 4 members (excludes halogenated alkanes) is 2. The van der Waals surface area contributed by atoms with E-state index in [2.05, 4.69) is 13.8 Å². The third kappa shape index (κ3) is 8.55. The lowest BCUT2D eigenvalue weighted by atomic mass is 10.2. The zero-order chi connectivity index (χ0) is 21.6. The molecule has 0 fully saturated rings. The highest BCUT2D eigenvalue weighted by atomic mass is 16.6. The van der Waals surface area contributed by atoms with Gasteiger partial charge in [0.05, 0.1) is 13.2 Å². The summed E-state index contributed by atoms with van der Waals surface area (Å²) in [4.78, 5) is 23.7. The van der Waals surface area contributed by atoms with Gasteiger partial charge in [-0.05, 0) is 48.2 Å². The molecule has 0 aliphatic heterocycles. The number of hydrogen-bond acceptors (Lipinski definition) is 6. The van der Waals surface area contributed by atoms with Crippen LogP contribution < -0.4 is 9.47 Å². The molecule has 0 atom stereocenters. The minimum atomic E-state index is -1.02. The van der Waals surface area contributed by atoms with Crippen LogP contribution in [0.4, 0.5) is 0 Å². The number of carbonyl (C=O) groups is 2. The Morgan fingerprint density at radius 1 is 0.633 bits per heavy atom. The molecule has 0 aromatic heterocycles. The van der Waals surface area contributed by atoms with Crippen molar-refractivity contribution in [2.75, 3.05) is 13.2 Å². The molecule has 162 valence electrons. The first kappa shape index (κ1) is 23.3. The minimum Gasteiger partial charge on any atom is -0.494 e. The van der Waals surface area contributed by atoms with Crippen molar-refractivity contribution in [2.45, 2.75) is 52.7 Å². The standard InChI is InChI=1S/C24H30O6/c1-3-5-15-27-21-11-7-19(8-12-21)17-29-23(25)24(26)30-18-20-9-13-22(14-10-20)28-16-6-4-2/h7-14H,3-6,15-18H2,1-2H3. The number of hydrogen-bond donors (Lipinski definition) is 0. The van der Waals surface area contributed by atoms with Gasteiger partial charge < -0.3 is 18.9 Å². The summed E-state index contributed by atoms with van der Waals surface area (Å²) in [6, 6.07) is 14.4. The van der Waals surface area contributed by atoms with Crippen LogP contribution in [0, 0.1) is 0 Å². The van der Waals surface area contributed by atoms with E-state index < -0.39 is 11.9 Å². The molecular formula is C24H30O6. The molecule has 2 rings (SSSR count). The van der Waals surface area contributed by atoms with Gasteiger partial charge in [-0.3, -0.25) is 0 Å². The zero-order valence-corrected chi connectivity index (χ0v) is 17.7. The van der Waals surface area contributed by atoms with E-state index in [1.165, 1.54) is 0 Å². The second kappa shape index (κ2) is 13.2. The molecule has 0 saturated carbocycles. The SMILES string of the molecule is CCCCOc1ccc(COC(=O)C(=O)OCc2ccc(OCCCC)cc2)cc1. The molecule has 6 nitrogen and oxygen atoms in total. The predicted octanol–water partition coefficient (Wildman–Crippen LogP) is 4.83. The van der Waals surface area contributed by atoms with Crippen LogP contribution in [0.5, 0.6) is 11.5 Å². The number of benzene rings is 2. The van der Waals surface area contributed by atoms with Gasteiger partial charge in [0.25, 0.3) is 0 Å². The molecule has 0 spiro atoms. The molecule has 2 aromatic carbocycles. The van der Waals surface area contributed by atoms with Gasteiger partial charge in [0.1, 0.15) is 24.7 Å². The van der Waals surface area contributed by atoms with Crippen LogP contribution in [0.2, 0.25) is 0 Å². The molecule has 2 aromatic rings. The molecule has 0 saturated heterocycles. The van der Waals surface area contributed by atoms with Crippen LogP contribution in [0.1, 0.15) is 50.7 Å². The largest absolute Gasteiger partial charge is 0.494 e. The Labute approximate surface area is 178 Å². The Morgan fingerprint density at radius 3 is 1.33 bits per heavy atom. The topological polar surface area (TPSA) is 71.1 Å². The van der Waals surface area contributed by atoms with Crippen molar-refractivity contribution in [3.05, 3.63) is 59.7 Å². The van der Waals surface area contributed by atoms with Gasteiger partial charge in [0.15, 0.2) is 0 Å². The number of esters is 2. The van der Waals surface area contributed by atoms with Crippen LogP contribution in [0.3, 0.4) is 0 Å². The molecule has 0 N–H and O–H groups in total. The summed E-state index contributed by atoms with van der Waals surface area (Å²) in [6.45, 7) is 5.54. The summed E-state index contributed by atoms with van der Waals surface area (Å²) in [6.07, 6.45) is 4.14. The zero-order valence-electron chi connectivity index (χ0n) is 17.7. The van der Waals surface area contributed by atoms with Gasteiger partial charge in [-0.25, -0.2) is 9.59 Å². The molecule has 0 bridgehead atoms. The Bertz CT molecular complexity index is 700. The first-order valence-electron chi connectivity index (χ1n) is 10.4. The van der Waals surface area contributed by atoms with E-state index in [0.717, 1.165) is 48.3 Å². The second-order valence-corrected chi connectivity index (χ2v) is 6.84. The molecule has 0 radical (unpaired) electrons. The molecule has 0 amide bonds. The van der Waals surface area contributed by atoms with Gasteiger partial charge in [0.2, 0.25) is 0 Å². The molecule has 0 unspecified atom stereocenters.